The highest BCUT2D eigenvalue weighted by Crippen LogP contribution is 2.20. The van der Waals surface area contributed by atoms with Crippen LogP contribution in [0.3, 0.4) is 0 Å². The molecule has 0 saturated heterocycles. The number of amides is 2. The lowest BCUT2D eigenvalue weighted by molar-refractivity contribution is -0.120. The summed E-state index contributed by atoms with van der Waals surface area (Å²) in [5.74, 6) is -1.73. The summed E-state index contributed by atoms with van der Waals surface area (Å²) in [5, 5.41) is 4.73. The van der Waals surface area contributed by atoms with Gasteiger partial charge in [0.25, 0.3) is 11.8 Å². The highest BCUT2D eigenvalue weighted by atomic mass is 16.5. The molecule has 0 fully saturated rings. The van der Waals surface area contributed by atoms with Crippen molar-refractivity contribution in [2.75, 3.05) is 18.5 Å². The van der Waals surface area contributed by atoms with Crippen LogP contribution >= 0.6 is 0 Å². The molecule has 0 aliphatic heterocycles. The van der Waals surface area contributed by atoms with Crippen molar-refractivity contribution in [2.45, 2.75) is 0 Å². The van der Waals surface area contributed by atoms with Crippen molar-refractivity contribution in [1.82, 2.24) is 0 Å². The molecule has 0 heterocycles. The Morgan fingerprint density at radius 2 is 1.57 bits per heavy atom. The Hall–Kier alpha value is -3.87. The molecule has 7 heteroatoms. The molecule has 3 aromatic carbocycles. The Balaban J connectivity index is 1.59. The lowest BCUT2D eigenvalue weighted by Gasteiger charge is -2.10. The number of esters is 1. The Kier molecular flexibility index (Phi) is 5.86. The second-order valence-corrected chi connectivity index (χ2v) is 5.94. The third-order valence-corrected chi connectivity index (χ3v) is 3.84. The highest BCUT2D eigenvalue weighted by molar-refractivity contribution is 5.98. The minimum absolute atomic E-state index is 0.0993. The summed E-state index contributed by atoms with van der Waals surface area (Å²) < 4.78 is 10.2. The summed E-state index contributed by atoms with van der Waals surface area (Å²) in [4.78, 5) is 35.2. The molecule has 3 aromatic rings. The number of anilines is 1. The maximum atomic E-state index is 12.2. The average Bonchev–Trinajstić information content (AvgIpc) is 2.70. The lowest BCUT2D eigenvalue weighted by Crippen LogP contribution is -2.22. The number of rotatable bonds is 7. The third kappa shape index (κ3) is 4.85. The molecule has 3 N–H and O–H groups in total. The molecule has 28 heavy (non-hydrogen) atoms. The largest absolute Gasteiger partial charge is 0.483 e. The minimum Gasteiger partial charge on any atom is -0.483 e. The van der Waals surface area contributed by atoms with Crippen molar-refractivity contribution in [3.63, 3.8) is 0 Å². The van der Waals surface area contributed by atoms with E-state index in [0.29, 0.717) is 5.69 Å². The number of benzene rings is 3. The maximum Gasteiger partial charge on any atom is 0.342 e. The van der Waals surface area contributed by atoms with E-state index in [4.69, 9.17) is 15.2 Å². The van der Waals surface area contributed by atoms with Gasteiger partial charge in [0.15, 0.2) is 13.2 Å². The van der Waals surface area contributed by atoms with Crippen LogP contribution in [0.1, 0.15) is 10.4 Å². The van der Waals surface area contributed by atoms with Crippen LogP contribution in [0.4, 0.5) is 5.69 Å². The van der Waals surface area contributed by atoms with E-state index in [-0.39, 0.29) is 17.9 Å². The van der Waals surface area contributed by atoms with Gasteiger partial charge in [0, 0.05) is 5.69 Å². The van der Waals surface area contributed by atoms with E-state index < -0.39 is 24.4 Å². The summed E-state index contributed by atoms with van der Waals surface area (Å²) in [7, 11) is 0. The predicted octanol–water partition coefficient (Wildman–Crippen LogP) is 2.50. The van der Waals surface area contributed by atoms with Crippen molar-refractivity contribution in [3.8, 4) is 5.75 Å². The summed E-state index contributed by atoms with van der Waals surface area (Å²) in [6, 6.07) is 19.5. The van der Waals surface area contributed by atoms with Gasteiger partial charge < -0.3 is 20.5 Å². The lowest BCUT2D eigenvalue weighted by atomic mass is 10.1. The number of carbonyl (C=O) groups is 3. The molecule has 0 aliphatic rings. The van der Waals surface area contributed by atoms with Crippen LogP contribution in [0.5, 0.6) is 5.75 Å². The second kappa shape index (κ2) is 8.68. The van der Waals surface area contributed by atoms with Crippen molar-refractivity contribution >= 4 is 34.2 Å². The number of para-hydroxylation sites is 1. The van der Waals surface area contributed by atoms with E-state index in [1.807, 2.05) is 36.4 Å². The van der Waals surface area contributed by atoms with Crippen LogP contribution in [-0.2, 0) is 14.3 Å². The number of primary amides is 1. The molecule has 2 amide bonds. The molecule has 0 bridgehead atoms. The summed E-state index contributed by atoms with van der Waals surface area (Å²) >= 11 is 0. The Bertz CT molecular complexity index is 1030. The Morgan fingerprint density at radius 3 is 2.36 bits per heavy atom. The van der Waals surface area contributed by atoms with Crippen LogP contribution in [-0.4, -0.2) is 31.0 Å². The first kappa shape index (κ1) is 18.9. The van der Waals surface area contributed by atoms with Gasteiger partial charge >= 0.3 is 5.97 Å². The number of ether oxygens (including phenoxy) is 2. The molecule has 0 radical (unpaired) electrons. The number of fused-ring (bicyclic) bond motifs is 1. The smallest absolute Gasteiger partial charge is 0.342 e. The van der Waals surface area contributed by atoms with Gasteiger partial charge in [-0.3, -0.25) is 9.59 Å². The monoisotopic (exact) mass is 378 g/mol. The number of hydrogen-bond acceptors (Lipinski definition) is 5. The van der Waals surface area contributed by atoms with Crippen LogP contribution in [0.25, 0.3) is 10.8 Å². The Labute approximate surface area is 161 Å². The van der Waals surface area contributed by atoms with Gasteiger partial charge in [-0.25, -0.2) is 4.79 Å². The summed E-state index contributed by atoms with van der Waals surface area (Å²) in [6.45, 7) is -0.831. The van der Waals surface area contributed by atoms with Crippen molar-refractivity contribution in [2.24, 2.45) is 5.73 Å². The maximum absolute atomic E-state index is 12.2. The second-order valence-electron chi connectivity index (χ2n) is 5.94. The SMILES string of the molecule is NC(=O)COc1ccccc1C(=O)OCC(=O)Nc1ccc2ccccc2c1. The van der Waals surface area contributed by atoms with E-state index >= 15 is 0 Å². The molecule has 0 spiro atoms. The molecule has 0 saturated carbocycles. The van der Waals surface area contributed by atoms with Gasteiger partial charge in [0.2, 0.25) is 0 Å². The van der Waals surface area contributed by atoms with Gasteiger partial charge in [-0.2, -0.15) is 0 Å². The zero-order valence-corrected chi connectivity index (χ0v) is 14.9. The van der Waals surface area contributed by atoms with E-state index in [2.05, 4.69) is 5.32 Å². The fourth-order valence-electron chi connectivity index (χ4n) is 2.58. The molecular formula is C21H18N2O5. The Morgan fingerprint density at radius 1 is 0.857 bits per heavy atom. The van der Waals surface area contributed by atoms with Gasteiger partial charge in [-0.1, -0.05) is 42.5 Å². The fourth-order valence-corrected chi connectivity index (χ4v) is 2.58. The molecular weight excluding hydrogens is 360 g/mol. The number of nitrogens with one attached hydrogen (secondary N) is 1. The molecule has 7 nitrogen and oxygen atoms in total. The molecule has 0 aromatic heterocycles. The van der Waals surface area contributed by atoms with Gasteiger partial charge in [0.1, 0.15) is 11.3 Å². The van der Waals surface area contributed by atoms with Crippen LogP contribution in [0.15, 0.2) is 66.7 Å². The van der Waals surface area contributed by atoms with Gasteiger partial charge in [0.05, 0.1) is 0 Å². The zero-order valence-electron chi connectivity index (χ0n) is 14.9. The first-order valence-electron chi connectivity index (χ1n) is 8.49. The van der Waals surface area contributed by atoms with Crippen LogP contribution in [0.2, 0.25) is 0 Å². The summed E-state index contributed by atoms with van der Waals surface area (Å²) in [6.07, 6.45) is 0. The topological polar surface area (TPSA) is 108 Å². The molecule has 0 aliphatic carbocycles. The number of nitrogens with two attached hydrogens (primary N) is 1. The van der Waals surface area contributed by atoms with Crippen molar-refractivity contribution in [3.05, 3.63) is 72.3 Å². The molecule has 3 rings (SSSR count). The van der Waals surface area contributed by atoms with Crippen LogP contribution in [0, 0.1) is 0 Å². The fraction of sp³-hybridized carbons (Fsp3) is 0.0952. The van der Waals surface area contributed by atoms with E-state index in [1.54, 1.807) is 18.2 Å². The van der Waals surface area contributed by atoms with Gasteiger partial charge in [-0.15, -0.1) is 0 Å². The molecule has 0 atom stereocenters. The van der Waals surface area contributed by atoms with Gasteiger partial charge in [-0.05, 0) is 35.0 Å². The first-order valence-corrected chi connectivity index (χ1v) is 8.49. The van der Waals surface area contributed by atoms with Crippen LogP contribution < -0.4 is 15.8 Å². The predicted molar refractivity (Wildman–Crippen MR) is 104 cm³/mol. The van der Waals surface area contributed by atoms with E-state index in [9.17, 15) is 14.4 Å². The molecule has 0 unspecified atom stereocenters. The quantitative estimate of drug-likeness (QED) is 0.614. The van der Waals surface area contributed by atoms with Crippen molar-refractivity contribution in [1.29, 1.82) is 0 Å². The third-order valence-electron chi connectivity index (χ3n) is 3.84. The van der Waals surface area contributed by atoms with Crippen molar-refractivity contribution < 1.29 is 23.9 Å². The first-order chi connectivity index (χ1) is 13.5. The average molecular weight is 378 g/mol. The van der Waals surface area contributed by atoms with E-state index in [1.165, 1.54) is 12.1 Å². The molecule has 142 valence electrons. The zero-order chi connectivity index (χ0) is 19.9. The number of hydrogen-bond donors (Lipinski definition) is 2. The normalized spacial score (nSPS) is 10.3. The highest BCUT2D eigenvalue weighted by Gasteiger charge is 2.16. The summed E-state index contributed by atoms with van der Waals surface area (Å²) in [5.41, 5.74) is 5.74. The number of carbonyl (C=O) groups excluding carboxylic acids is 3. The minimum atomic E-state index is -0.742. The van der Waals surface area contributed by atoms with E-state index in [0.717, 1.165) is 10.8 Å². The standard InChI is InChI=1S/C21H18N2O5/c22-19(24)12-27-18-8-4-3-7-17(18)21(26)28-13-20(25)23-16-10-9-14-5-1-2-6-15(14)11-16/h1-11H,12-13H2,(H2,22,24)(H,23,25).